The first-order chi connectivity index (χ1) is 20.0. The smallest absolute Gasteiger partial charge is 0.233 e. The molecule has 0 fully saturated rings. The number of benzene rings is 2. The Morgan fingerprint density at radius 3 is 1.71 bits per heavy atom. The van der Waals surface area contributed by atoms with Crippen molar-refractivity contribution >= 4 is 47.9 Å². The van der Waals surface area contributed by atoms with E-state index in [-0.39, 0.29) is 29.4 Å². The van der Waals surface area contributed by atoms with Gasteiger partial charge in [0.25, 0.3) is 0 Å². The summed E-state index contributed by atoms with van der Waals surface area (Å²) < 4.78 is 48.7. The van der Waals surface area contributed by atoms with Gasteiger partial charge in [-0.05, 0) is 48.2 Å². The molecule has 2 aromatic carbocycles. The highest BCUT2D eigenvalue weighted by atomic mass is 32.2. The number of hydrogen-bond acceptors (Lipinski definition) is 10. The van der Waals surface area contributed by atoms with Gasteiger partial charge in [-0.3, -0.25) is 20.0 Å². The van der Waals surface area contributed by atoms with Crippen LogP contribution in [-0.2, 0) is 36.0 Å². The summed E-state index contributed by atoms with van der Waals surface area (Å²) in [6, 6.07) is 17.5. The standard InChI is InChI=1S/C15H18N2O4S.C14H18N2O3S/c1-2-14(17(19)11-18)10-22(20,21)9-12-7-13-5-3-4-6-15(13)16-8-12;1-2-13(16-17)10-20(18,19)9-11-7-12-5-3-4-6-14(12)15-8-11/h3-8,11,14,19H,2,9-10H2,1H3;3-8,13,16-17H,2,9-10H2,1H3/t14-;13-/m00/s1. The second-order valence-corrected chi connectivity index (χ2v) is 14.2. The summed E-state index contributed by atoms with van der Waals surface area (Å²) in [5.41, 5.74) is 4.93. The van der Waals surface area contributed by atoms with Crippen molar-refractivity contribution in [2.75, 3.05) is 11.5 Å². The fraction of sp³-hybridized carbons (Fsp3) is 0.345. The van der Waals surface area contributed by atoms with Gasteiger partial charge in [0.2, 0.25) is 6.41 Å². The number of carbonyl (C=O) groups is 1. The first kappa shape index (κ1) is 33.0. The van der Waals surface area contributed by atoms with E-state index in [2.05, 4.69) is 9.97 Å². The van der Waals surface area contributed by atoms with Crippen LogP contribution in [0.2, 0.25) is 0 Å². The molecule has 2 aromatic heterocycles. The van der Waals surface area contributed by atoms with Crippen LogP contribution in [0.15, 0.2) is 73.1 Å². The zero-order valence-electron chi connectivity index (χ0n) is 23.5. The van der Waals surface area contributed by atoms with Crippen molar-refractivity contribution in [3.05, 3.63) is 84.2 Å². The first-order valence-corrected chi connectivity index (χ1v) is 17.0. The molecule has 2 heterocycles. The number of nitrogens with one attached hydrogen (secondary N) is 1. The average Bonchev–Trinajstić information content (AvgIpc) is 2.98. The molecule has 0 aliphatic heterocycles. The molecule has 226 valence electrons. The predicted octanol–water partition coefficient (Wildman–Crippen LogP) is 3.68. The monoisotopic (exact) mass is 616 g/mol. The minimum absolute atomic E-state index is 0.0665. The molecule has 42 heavy (non-hydrogen) atoms. The molecule has 0 unspecified atom stereocenters. The van der Waals surface area contributed by atoms with Gasteiger partial charge in [0.15, 0.2) is 19.7 Å². The Hall–Kier alpha value is -3.49. The number of aromatic nitrogens is 2. The van der Waals surface area contributed by atoms with Crippen molar-refractivity contribution in [1.29, 1.82) is 0 Å². The van der Waals surface area contributed by atoms with Crippen LogP contribution in [0.4, 0.5) is 0 Å². The fourth-order valence-electron chi connectivity index (χ4n) is 4.33. The third-order valence-electron chi connectivity index (χ3n) is 6.60. The molecule has 4 aromatic rings. The van der Waals surface area contributed by atoms with Gasteiger partial charge in [-0.25, -0.2) is 27.4 Å². The van der Waals surface area contributed by atoms with Gasteiger partial charge < -0.3 is 5.21 Å². The summed E-state index contributed by atoms with van der Waals surface area (Å²) in [5, 5.41) is 20.5. The van der Waals surface area contributed by atoms with Crippen LogP contribution in [0.1, 0.15) is 37.8 Å². The Labute approximate surface area is 246 Å². The zero-order chi connectivity index (χ0) is 30.8. The maximum Gasteiger partial charge on any atom is 0.233 e. The topological polar surface area (TPSA) is 167 Å². The highest BCUT2D eigenvalue weighted by Gasteiger charge is 2.23. The number of carbonyl (C=O) groups excluding carboxylic acids is 1. The Kier molecular flexibility index (Phi) is 11.9. The number of hydroxylamine groups is 3. The lowest BCUT2D eigenvalue weighted by atomic mass is 10.2. The maximum atomic E-state index is 12.2. The summed E-state index contributed by atoms with van der Waals surface area (Å²) in [6.07, 6.45) is 4.25. The van der Waals surface area contributed by atoms with E-state index in [9.17, 15) is 26.8 Å². The molecule has 0 spiro atoms. The lowest BCUT2D eigenvalue weighted by Crippen LogP contribution is -2.36. The third-order valence-corrected chi connectivity index (χ3v) is 9.95. The SMILES string of the molecule is CC[C@@H](CS(=O)(=O)Cc1cnc2ccccc2c1)N(O)C=O.CC[C@@H](CS(=O)(=O)Cc1cnc2ccccc2c1)NO. The summed E-state index contributed by atoms with van der Waals surface area (Å²) in [4.78, 5) is 19.1. The van der Waals surface area contributed by atoms with E-state index in [4.69, 9.17) is 5.21 Å². The molecule has 0 saturated heterocycles. The number of amides is 1. The van der Waals surface area contributed by atoms with Crippen LogP contribution in [0.3, 0.4) is 0 Å². The van der Waals surface area contributed by atoms with E-state index in [0.29, 0.717) is 29.0 Å². The number of nitrogens with zero attached hydrogens (tertiary/aromatic N) is 3. The normalized spacial score (nSPS) is 13.2. The van der Waals surface area contributed by atoms with Crippen molar-refractivity contribution in [3.8, 4) is 0 Å². The number of para-hydroxylation sites is 2. The van der Waals surface area contributed by atoms with E-state index < -0.39 is 31.8 Å². The van der Waals surface area contributed by atoms with Gasteiger partial charge in [0.1, 0.15) is 0 Å². The van der Waals surface area contributed by atoms with Crippen LogP contribution < -0.4 is 5.48 Å². The molecule has 0 aliphatic carbocycles. The molecule has 4 rings (SSSR count). The Morgan fingerprint density at radius 2 is 1.29 bits per heavy atom. The minimum Gasteiger partial charge on any atom is -0.317 e. The first-order valence-electron chi connectivity index (χ1n) is 13.4. The summed E-state index contributed by atoms with van der Waals surface area (Å²) in [7, 11) is -6.76. The third kappa shape index (κ3) is 9.81. The maximum absolute atomic E-state index is 12.2. The summed E-state index contributed by atoms with van der Waals surface area (Å²) >= 11 is 0. The van der Waals surface area contributed by atoms with Crippen molar-refractivity contribution < 1.29 is 32.0 Å². The van der Waals surface area contributed by atoms with Crippen LogP contribution in [-0.4, -0.2) is 72.3 Å². The Balaban J connectivity index is 0.000000231. The van der Waals surface area contributed by atoms with Gasteiger partial charge >= 0.3 is 0 Å². The highest BCUT2D eigenvalue weighted by Crippen LogP contribution is 2.17. The zero-order valence-corrected chi connectivity index (χ0v) is 25.1. The molecule has 0 saturated carbocycles. The van der Waals surface area contributed by atoms with Crippen LogP contribution in [0.25, 0.3) is 21.8 Å². The van der Waals surface area contributed by atoms with Crippen LogP contribution in [0, 0.1) is 0 Å². The highest BCUT2D eigenvalue weighted by molar-refractivity contribution is 7.90. The molecule has 13 heteroatoms. The molecule has 1 amide bonds. The summed E-state index contributed by atoms with van der Waals surface area (Å²) in [5.74, 6) is -0.616. The number of fused-ring (bicyclic) bond motifs is 2. The predicted molar refractivity (Wildman–Crippen MR) is 161 cm³/mol. The van der Waals surface area contributed by atoms with Gasteiger partial charge in [-0.2, -0.15) is 0 Å². The van der Waals surface area contributed by atoms with E-state index in [1.165, 1.54) is 6.20 Å². The van der Waals surface area contributed by atoms with Gasteiger partial charge in [0, 0.05) is 29.2 Å². The second-order valence-electron chi connectivity index (χ2n) is 9.96. The average molecular weight is 617 g/mol. The number of sulfone groups is 2. The molecule has 0 bridgehead atoms. The van der Waals surface area contributed by atoms with Gasteiger partial charge in [-0.1, -0.05) is 50.2 Å². The quantitative estimate of drug-likeness (QED) is 0.115. The minimum atomic E-state index is -3.47. The van der Waals surface area contributed by atoms with Crippen LogP contribution >= 0.6 is 0 Å². The lowest BCUT2D eigenvalue weighted by Gasteiger charge is -2.20. The van der Waals surface area contributed by atoms with E-state index in [1.807, 2.05) is 67.0 Å². The van der Waals surface area contributed by atoms with E-state index in [1.54, 1.807) is 19.2 Å². The van der Waals surface area contributed by atoms with Crippen molar-refractivity contribution in [1.82, 2.24) is 20.5 Å². The molecule has 0 aliphatic rings. The fourth-order valence-corrected chi connectivity index (χ4v) is 7.80. The van der Waals surface area contributed by atoms with Crippen molar-refractivity contribution in [3.63, 3.8) is 0 Å². The van der Waals surface area contributed by atoms with Crippen molar-refractivity contribution in [2.45, 2.75) is 50.3 Å². The van der Waals surface area contributed by atoms with E-state index in [0.717, 1.165) is 21.8 Å². The summed E-state index contributed by atoms with van der Waals surface area (Å²) in [6.45, 7) is 3.53. The Morgan fingerprint density at radius 1 is 0.810 bits per heavy atom. The molecular formula is C29H36N4O7S2. The second kappa shape index (κ2) is 15.1. The van der Waals surface area contributed by atoms with Crippen molar-refractivity contribution in [2.24, 2.45) is 0 Å². The number of hydrogen-bond donors (Lipinski definition) is 3. The van der Waals surface area contributed by atoms with Crippen LogP contribution in [0.5, 0.6) is 0 Å². The molecule has 3 N–H and O–H groups in total. The molecule has 2 atom stereocenters. The molecular weight excluding hydrogens is 580 g/mol. The Bertz CT molecular complexity index is 1690. The molecule has 11 nitrogen and oxygen atoms in total. The number of pyridine rings is 2. The van der Waals surface area contributed by atoms with E-state index >= 15 is 0 Å². The lowest BCUT2D eigenvalue weighted by molar-refractivity contribution is -0.158. The molecule has 0 radical (unpaired) electrons. The largest absolute Gasteiger partial charge is 0.317 e. The number of rotatable bonds is 13. The van der Waals surface area contributed by atoms with Gasteiger partial charge in [-0.15, -0.1) is 0 Å². The van der Waals surface area contributed by atoms with Gasteiger partial charge in [0.05, 0.1) is 40.1 Å².